The van der Waals surface area contributed by atoms with Crippen LogP contribution in [-0.4, -0.2) is 17.2 Å². The molecule has 19 heavy (non-hydrogen) atoms. The molecule has 0 unspecified atom stereocenters. The molecule has 0 N–H and O–H groups in total. The first-order valence-electron chi connectivity index (χ1n) is 5.27. The number of hydrogen-bond donors (Lipinski definition) is 0. The van der Waals surface area contributed by atoms with E-state index in [1.807, 2.05) is 0 Å². The Morgan fingerprint density at radius 3 is 2.89 bits per heavy atom. The summed E-state index contributed by atoms with van der Waals surface area (Å²) in [4.78, 5) is 19.9. The summed E-state index contributed by atoms with van der Waals surface area (Å²) in [5.41, 5.74) is 0.439. The van der Waals surface area contributed by atoms with Crippen LogP contribution in [0.2, 0.25) is 5.15 Å². The topological polar surface area (TPSA) is 51.5 Å². The molecular formula is C13H8ClFN2O2. The van der Waals surface area contributed by atoms with E-state index in [1.54, 1.807) is 12.1 Å². The molecule has 4 nitrogen and oxygen atoms in total. The summed E-state index contributed by atoms with van der Waals surface area (Å²) in [6.07, 6.45) is 2.50. The number of halogens is 2. The van der Waals surface area contributed by atoms with E-state index < -0.39 is 11.8 Å². The van der Waals surface area contributed by atoms with Gasteiger partial charge in [-0.1, -0.05) is 35.0 Å². The number of hydrogen-bond acceptors (Lipinski definition) is 4. The third-order valence-electron chi connectivity index (χ3n) is 2.19. The zero-order valence-electron chi connectivity index (χ0n) is 9.59. The number of nitrogens with zero attached hydrogens (tertiary/aromatic N) is 2. The molecule has 2 aromatic rings. The summed E-state index contributed by atoms with van der Waals surface area (Å²) < 4.78 is 13.2. The van der Waals surface area contributed by atoms with Gasteiger partial charge in [-0.2, -0.15) is 0 Å². The maximum absolute atomic E-state index is 13.2. The highest BCUT2D eigenvalue weighted by atomic mass is 35.5. The molecule has 0 bridgehead atoms. The Kier molecular flexibility index (Phi) is 4.20. The van der Waals surface area contributed by atoms with Gasteiger partial charge in [0.15, 0.2) is 0 Å². The first-order chi connectivity index (χ1) is 9.16. The molecular weight excluding hydrogens is 271 g/mol. The third-order valence-corrected chi connectivity index (χ3v) is 2.40. The Labute approximate surface area is 113 Å². The van der Waals surface area contributed by atoms with Gasteiger partial charge in [0.25, 0.3) is 0 Å². The van der Waals surface area contributed by atoms with Gasteiger partial charge in [-0.15, -0.1) is 0 Å². The van der Waals surface area contributed by atoms with Crippen LogP contribution in [0.4, 0.5) is 4.39 Å². The summed E-state index contributed by atoms with van der Waals surface area (Å²) in [6, 6.07) is 8.78. The van der Waals surface area contributed by atoms with Crippen LogP contribution in [0.5, 0.6) is 0 Å². The molecule has 0 aliphatic heterocycles. The molecule has 96 valence electrons. The van der Waals surface area contributed by atoms with Gasteiger partial charge in [-0.3, -0.25) is 0 Å². The Balaban J connectivity index is 2.03. The minimum Gasteiger partial charge on any atom is -0.313 e. The lowest BCUT2D eigenvalue weighted by Gasteiger charge is -1.98. The molecule has 6 heteroatoms. The molecule has 2 rings (SSSR count). The Morgan fingerprint density at radius 2 is 2.16 bits per heavy atom. The van der Waals surface area contributed by atoms with E-state index in [9.17, 15) is 9.18 Å². The summed E-state index contributed by atoms with van der Waals surface area (Å²) in [5, 5.41) is 3.60. The largest absolute Gasteiger partial charge is 0.365 e. The SMILES string of the molecule is O=C(ON=Cc1ccccc1F)c1ccnc(Cl)c1. The van der Waals surface area contributed by atoms with Crippen molar-refractivity contribution in [3.8, 4) is 0 Å². The second kappa shape index (κ2) is 6.06. The van der Waals surface area contributed by atoms with Crippen LogP contribution in [-0.2, 0) is 4.84 Å². The van der Waals surface area contributed by atoms with Gasteiger partial charge in [0.2, 0.25) is 0 Å². The number of carbonyl (C=O) groups is 1. The van der Waals surface area contributed by atoms with Crippen LogP contribution < -0.4 is 0 Å². The molecule has 1 aromatic heterocycles. The summed E-state index contributed by atoms with van der Waals surface area (Å²) in [7, 11) is 0. The van der Waals surface area contributed by atoms with Gasteiger partial charge in [-0.25, -0.2) is 14.2 Å². The van der Waals surface area contributed by atoms with Crippen LogP contribution in [0.15, 0.2) is 47.8 Å². The van der Waals surface area contributed by atoms with Crippen molar-refractivity contribution < 1.29 is 14.0 Å². The van der Waals surface area contributed by atoms with E-state index in [0.29, 0.717) is 0 Å². The number of carbonyl (C=O) groups excluding carboxylic acids is 1. The zero-order chi connectivity index (χ0) is 13.7. The average Bonchev–Trinajstić information content (AvgIpc) is 2.41. The number of pyridine rings is 1. The molecule has 1 heterocycles. The second-order valence-corrected chi connectivity index (χ2v) is 3.89. The van der Waals surface area contributed by atoms with Crippen molar-refractivity contribution in [2.45, 2.75) is 0 Å². The highest BCUT2D eigenvalue weighted by Crippen LogP contribution is 2.08. The first-order valence-corrected chi connectivity index (χ1v) is 5.65. The van der Waals surface area contributed by atoms with Crippen LogP contribution in [0.25, 0.3) is 0 Å². The normalized spacial score (nSPS) is 10.6. The van der Waals surface area contributed by atoms with Gasteiger partial charge >= 0.3 is 5.97 Å². The van der Waals surface area contributed by atoms with E-state index in [0.717, 1.165) is 6.21 Å². The minimum atomic E-state index is -0.697. The maximum atomic E-state index is 13.2. The third kappa shape index (κ3) is 3.59. The maximum Gasteiger partial charge on any atom is 0.365 e. The first kappa shape index (κ1) is 13.2. The highest BCUT2D eigenvalue weighted by Gasteiger charge is 2.07. The molecule has 0 radical (unpaired) electrons. The molecule has 0 atom stereocenters. The van der Waals surface area contributed by atoms with Gasteiger partial charge in [0, 0.05) is 11.8 Å². The molecule has 0 fully saturated rings. The summed E-state index contributed by atoms with van der Waals surface area (Å²) in [5.74, 6) is -1.15. The van der Waals surface area contributed by atoms with Crippen LogP contribution in [0.1, 0.15) is 15.9 Å². The Morgan fingerprint density at radius 1 is 1.37 bits per heavy atom. The predicted octanol–water partition coefficient (Wildman–Crippen LogP) is 3.07. The fraction of sp³-hybridized carbons (Fsp3) is 0. The molecule has 0 spiro atoms. The van der Waals surface area contributed by atoms with E-state index in [-0.39, 0.29) is 16.3 Å². The van der Waals surface area contributed by atoms with Gasteiger partial charge in [-0.05, 0) is 18.2 Å². The average molecular weight is 279 g/mol. The molecule has 0 saturated carbocycles. The van der Waals surface area contributed by atoms with E-state index >= 15 is 0 Å². The number of aromatic nitrogens is 1. The molecule has 0 aliphatic rings. The number of rotatable bonds is 3. The highest BCUT2D eigenvalue weighted by molar-refractivity contribution is 6.29. The Hall–Kier alpha value is -2.27. The second-order valence-electron chi connectivity index (χ2n) is 3.50. The molecule has 0 amide bonds. The van der Waals surface area contributed by atoms with Crippen molar-refractivity contribution in [3.63, 3.8) is 0 Å². The fourth-order valence-electron chi connectivity index (χ4n) is 1.29. The van der Waals surface area contributed by atoms with Gasteiger partial charge in [0.1, 0.15) is 11.0 Å². The lowest BCUT2D eigenvalue weighted by atomic mass is 10.2. The van der Waals surface area contributed by atoms with Crippen molar-refractivity contribution in [1.29, 1.82) is 0 Å². The van der Waals surface area contributed by atoms with E-state index in [4.69, 9.17) is 11.6 Å². The van der Waals surface area contributed by atoms with Crippen LogP contribution in [0, 0.1) is 5.82 Å². The number of oxime groups is 1. The quantitative estimate of drug-likeness (QED) is 0.375. The molecule has 1 aromatic carbocycles. The van der Waals surface area contributed by atoms with E-state index in [1.165, 1.54) is 30.5 Å². The molecule has 0 aliphatic carbocycles. The van der Waals surface area contributed by atoms with Crippen LogP contribution >= 0.6 is 11.6 Å². The van der Waals surface area contributed by atoms with Gasteiger partial charge < -0.3 is 4.84 Å². The van der Waals surface area contributed by atoms with Crippen LogP contribution in [0.3, 0.4) is 0 Å². The van der Waals surface area contributed by atoms with Crippen molar-refractivity contribution in [2.24, 2.45) is 5.16 Å². The minimum absolute atomic E-state index is 0.174. The monoisotopic (exact) mass is 278 g/mol. The van der Waals surface area contributed by atoms with Crippen molar-refractivity contribution >= 4 is 23.8 Å². The number of benzene rings is 1. The zero-order valence-corrected chi connectivity index (χ0v) is 10.3. The standard InChI is InChI=1S/C13H8ClFN2O2/c14-12-7-9(5-6-16-12)13(18)19-17-8-10-3-1-2-4-11(10)15/h1-8H. The van der Waals surface area contributed by atoms with Crippen molar-refractivity contribution in [3.05, 3.63) is 64.7 Å². The lowest BCUT2D eigenvalue weighted by molar-refractivity contribution is 0.0519. The van der Waals surface area contributed by atoms with Gasteiger partial charge in [0.05, 0.1) is 11.8 Å². The fourth-order valence-corrected chi connectivity index (χ4v) is 1.47. The van der Waals surface area contributed by atoms with E-state index in [2.05, 4.69) is 15.0 Å². The van der Waals surface area contributed by atoms with Crippen molar-refractivity contribution in [1.82, 2.24) is 4.98 Å². The van der Waals surface area contributed by atoms with Crippen molar-refractivity contribution in [2.75, 3.05) is 0 Å². The summed E-state index contributed by atoms with van der Waals surface area (Å²) in [6.45, 7) is 0. The summed E-state index contributed by atoms with van der Waals surface area (Å²) >= 11 is 5.63. The predicted molar refractivity (Wildman–Crippen MR) is 68.7 cm³/mol. The molecule has 0 saturated heterocycles. The Bertz CT molecular complexity index is 632. The smallest absolute Gasteiger partial charge is 0.313 e. The lowest BCUT2D eigenvalue weighted by Crippen LogP contribution is -2.01.